The fraction of sp³-hybridized carbons (Fsp3) is 0.394. The van der Waals surface area contributed by atoms with Crippen molar-refractivity contribution in [3.8, 4) is 16.9 Å². The number of nitrogens with zero attached hydrogens (tertiary/aromatic N) is 3. The van der Waals surface area contributed by atoms with Gasteiger partial charge in [-0.1, -0.05) is 42.5 Å². The zero-order valence-corrected chi connectivity index (χ0v) is 24.8. The Hall–Kier alpha value is -4.25. The molecule has 8 nitrogen and oxygen atoms in total. The monoisotopic (exact) mass is 612 g/mol. The van der Waals surface area contributed by atoms with Crippen LogP contribution >= 0.6 is 0 Å². The number of carbonyl (C=O) groups excluding carboxylic acids is 1. The zero-order chi connectivity index (χ0) is 31.7. The number of alkyl halides is 3. The number of aliphatic carboxylic acids is 1. The first-order valence-corrected chi connectivity index (χ1v) is 14.7. The molecule has 3 N–H and O–H groups in total. The molecule has 44 heavy (non-hydrogen) atoms. The van der Waals surface area contributed by atoms with Crippen LogP contribution in [0.3, 0.4) is 0 Å². The average molecular weight is 613 g/mol. The fourth-order valence-electron chi connectivity index (χ4n) is 5.41. The van der Waals surface area contributed by atoms with Crippen molar-refractivity contribution in [2.75, 3.05) is 56.4 Å². The Labute approximate surface area is 255 Å². The normalized spacial score (nSPS) is 16.2. The molecule has 2 saturated heterocycles. The SMILES string of the molecule is CC(=O)O.Nc1ccc(OC2CCN(C(=O)CCN3CCN(c4ccc(-c5ccccc5)cc4)CC3)CC2)cc1C(F)(F)F. The van der Waals surface area contributed by atoms with Crippen LogP contribution in [-0.4, -0.2) is 78.7 Å². The molecule has 0 aromatic heterocycles. The molecule has 1 amide bonds. The molecule has 2 heterocycles. The number of piperidine rings is 1. The van der Waals surface area contributed by atoms with Crippen molar-refractivity contribution in [3.63, 3.8) is 0 Å². The van der Waals surface area contributed by atoms with Gasteiger partial charge in [-0.2, -0.15) is 13.2 Å². The van der Waals surface area contributed by atoms with Gasteiger partial charge in [0.1, 0.15) is 11.9 Å². The minimum absolute atomic E-state index is 0.115. The highest BCUT2D eigenvalue weighted by molar-refractivity contribution is 5.76. The third kappa shape index (κ3) is 9.37. The molecule has 2 fully saturated rings. The number of carboxylic acid groups (broad SMARTS) is 1. The lowest BCUT2D eigenvalue weighted by molar-refractivity contribution is -0.137. The molecule has 5 rings (SSSR count). The molecule has 3 aromatic carbocycles. The third-order valence-corrected chi connectivity index (χ3v) is 7.78. The van der Waals surface area contributed by atoms with Crippen molar-refractivity contribution in [3.05, 3.63) is 78.4 Å². The lowest BCUT2D eigenvalue weighted by Gasteiger charge is -2.37. The van der Waals surface area contributed by atoms with Gasteiger partial charge in [0.05, 0.1) is 5.56 Å². The van der Waals surface area contributed by atoms with E-state index in [2.05, 4.69) is 46.2 Å². The number of likely N-dealkylation sites (tertiary alicyclic amines) is 1. The molecular weight excluding hydrogens is 573 g/mol. The molecule has 3 aromatic rings. The number of carbonyl (C=O) groups is 2. The summed E-state index contributed by atoms with van der Waals surface area (Å²) in [5.74, 6) is -0.568. The minimum atomic E-state index is -4.53. The van der Waals surface area contributed by atoms with Crippen LogP contribution in [0.5, 0.6) is 5.75 Å². The fourth-order valence-corrected chi connectivity index (χ4v) is 5.41. The first kappa shape index (κ1) is 32.7. The Balaban J connectivity index is 0.00000104. The second-order valence-electron chi connectivity index (χ2n) is 11.0. The topological polar surface area (TPSA) is 99.3 Å². The number of rotatable bonds is 7. The molecule has 0 spiro atoms. The highest BCUT2D eigenvalue weighted by Crippen LogP contribution is 2.36. The van der Waals surface area contributed by atoms with Gasteiger partial charge in [-0.3, -0.25) is 14.5 Å². The van der Waals surface area contributed by atoms with Gasteiger partial charge in [-0.05, 0) is 41.5 Å². The van der Waals surface area contributed by atoms with Crippen LogP contribution in [0.15, 0.2) is 72.8 Å². The highest BCUT2D eigenvalue weighted by atomic mass is 19.4. The van der Waals surface area contributed by atoms with E-state index in [-0.39, 0.29) is 23.4 Å². The largest absolute Gasteiger partial charge is 0.490 e. The van der Waals surface area contributed by atoms with Gasteiger partial charge in [0.25, 0.3) is 5.97 Å². The Morgan fingerprint density at radius 3 is 2.07 bits per heavy atom. The van der Waals surface area contributed by atoms with Crippen LogP contribution in [-0.2, 0) is 15.8 Å². The summed E-state index contributed by atoms with van der Waals surface area (Å²) >= 11 is 0. The number of nitrogens with two attached hydrogens (primary N) is 1. The van der Waals surface area contributed by atoms with E-state index in [9.17, 15) is 18.0 Å². The Morgan fingerprint density at radius 2 is 1.48 bits per heavy atom. The molecule has 236 valence electrons. The average Bonchev–Trinajstić information content (AvgIpc) is 3.01. The van der Waals surface area contributed by atoms with E-state index in [0.717, 1.165) is 45.7 Å². The quantitative estimate of drug-likeness (QED) is 0.334. The summed E-state index contributed by atoms with van der Waals surface area (Å²) in [5, 5.41) is 7.42. The van der Waals surface area contributed by atoms with Crippen molar-refractivity contribution in [1.29, 1.82) is 0 Å². The minimum Gasteiger partial charge on any atom is -0.490 e. The van der Waals surface area contributed by atoms with Crippen LogP contribution in [0.4, 0.5) is 24.5 Å². The van der Waals surface area contributed by atoms with Gasteiger partial charge in [0, 0.05) is 83.4 Å². The van der Waals surface area contributed by atoms with Crippen molar-refractivity contribution >= 4 is 23.3 Å². The standard InChI is InChI=1S/C31H35F3N4O2.C2H4O2/c32-31(33,34)28-22-27(10-11-29(28)35)40-26-12-16-38(17-13-26)30(39)14-15-36-18-20-37(21-19-36)25-8-6-24(7-9-25)23-4-2-1-3-5-23;1-2(3)4/h1-11,22,26H,12-21,35H2;1H3,(H,3,4). The van der Waals surface area contributed by atoms with Crippen molar-refractivity contribution in [2.24, 2.45) is 0 Å². The number of anilines is 2. The Bertz CT molecular complexity index is 1370. The predicted octanol–water partition coefficient (Wildman–Crippen LogP) is 5.63. The first-order chi connectivity index (χ1) is 21.0. The number of halogens is 3. The van der Waals surface area contributed by atoms with Gasteiger partial charge >= 0.3 is 6.18 Å². The maximum absolute atomic E-state index is 13.1. The van der Waals surface area contributed by atoms with Gasteiger partial charge < -0.3 is 25.4 Å². The molecule has 0 aliphatic carbocycles. The lowest BCUT2D eigenvalue weighted by Crippen LogP contribution is -2.48. The second-order valence-corrected chi connectivity index (χ2v) is 11.0. The van der Waals surface area contributed by atoms with Crippen molar-refractivity contribution in [1.82, 2.24) is 9.80 Å². The van der Waals surface area contributed by atoms with Crippen LogP contribution in [0.1, 0.15) is 31.7 Å². The molecule has 0 atom stereocenters. The number of hydrogen-bond acceptors (Lipinski definition) is 6. The summed E-state index contributed by atoms with van der Waals surface area (Å²) in [6.45, 7) is 6.54. The number of carboxylic acids is 1. The summed E-state index contributed by atoms with van der Waals surface area (Å²) in [5.41, 5.74) is 7.90. The van der Waals surface area contributed by atoms with E-state index in [0.29, 0.717) is 32.4 Å². The van der Waals surface area contributed by atoms with Gasteiger partial charge in [-0.15, -0.1) is 0 Å². The van der Waals surface area contributed by atoms with Gasteiger partial charge in [0.15, 0.2) is 0 Å². The van der Waals surface area contributed by atoms with Crippen LogP contribution < -0.4 is 15.4 Å². The maximum Gasteiger partial charge on any atom is 0.418 e. The second kappa shape index (κ2) is 15.0. The number of nitrogen functional groups attached to an aromatic ring is 1. The lowest BCUT2D eigenvalue weighted by atomic mass is 10.1. The molecule has 11 heteroatoms. The summed E-state index contributed by atoms with van der Waals surface area (Å²) in [6, 6.07) is 22.7. The number of amides is 1. The van der Waals surface area contributed by atoms with E-state index >= 15 is 0 Å². The number of benzene rings is 3. The summed E-state index contributed by atoms with van der Waals surface area (Å²) in [6.07, 6.45) is -3.13. The third-order valence-electron chi connectivity index (χ3n) is 7.78. The van der Waals surface area contributed by atoms with Gasteiger partial charge in [0.2, 0.25) is 5.91 Å². The molecule has 0 saturated carbocycles. The number of ether oxygens (including phenoxy) is 1. The molecule has 2 aliphatic heterocycles. The van der Waals surface area contributed by atoms with E-state index in [1.54, 1.807) is 0 Å². The smallest absolute Gasteiger partial charge is 0.418 e. The van der Waals surface area contributed by atoms with E-state index in [4.69, 9.17) is 20.4 Å². The van der Waals surface area contributed by atoms with Crippen LogP contribution in [0.25, 0.3) is 11.1 Å². The van der Waals surface area contributed by atoms with Crippen molar-refractivity contribution < 1.29 is 32.6 Å². The van der Waals surface area contributed by atoms with Crippen LogP contribution in [0.2, 0.25) is 0 Å². The molecule has 2 aliphatic rings. The first-order valence-electron chi connectivity index (χ1n) is 14.7. The number of hydrogen-bond donors (Lipinski definition) is 2. The van der Waals surface area contributed by atoms with E-state index in [1.807, 2.05) is 23.1 Å². The maximum atomic E-state index is 13.1. The number of piperazine rings is 1. The summed E-state index contributed by atoms with van der Waals surface area (Å²) in [4.78, 5) is 28.4. The van der Waals surface area contributed by atoms with Crippen molar-refractivity contribution in [2.45, 2.75) is 38.5 Å². The van der Waals surface area contributed by atoms with Gasteiger partial charge in [-0.25, -0.2) is 0 Å². The summed E-state index contributed by atoms with van der Waals surface area (Å²) < 4.78 is 45.2. The van der Waals surface area contributed by atoms with Crippen LogP contribution in [0, 0.1) is 0 Å². The highest BCUT2D eigenvalue weighted by Gasteiger charge is 2.34. The Morgan fingerprint density at radius 1 is 0.886 bits per heavy atom. The summed E-state index contributed by atoms with van der Waals surface area (Å²) in [7, 11) is 0. The molecule has 0 unspecified atom stereocenters. The Kier molecular flexibility index (Phi) is 11.1. The molecular formula is C33H39F3N4O4. The molecule has 0 bridgehead atoms. The van der Waals surface area contributed by atoms with E-state index < -0.39 is 17.7 Å². The zero-order valence-electron chi connectivity index (χ0n) is 24.8. The van der Waals surface area contributed by atoms with E-state index in [1.165, 1.54) is 28.9 Å². The predicted molar refractivity (Wildman–Crippen MR) is 165 cm³/mol. The molecule has 0 radical (unpaired) electrons.